The molecular weight excluding hydrogens is 412 g/mol. The maximum Gasteiger partial charge on any atom is 0.258 e. The van der Waals surface area contributed by atoms with E-state index >= 15 is 0 Å². The minimum absolute atomic E-state index is 0.0165. The average molecular weight is 441 g/mol. The van der Waals surface area contributed by atoms with Gasteiger partial charge in [-0.05, 0) is 12.3 Å². The van der Waals surface area contributed by atoms with Crippen molar-refractivity contribution >= 4 is 15.9 Å². The van der Waals surface area contributed by atoms with Crippen LogP contribution in [0.3, 0.4) is 0 Å². The van der Waals surface area contributed by atoms with E-state index in [1.165, 1.54) is 44.6 Å². The minimum Gasteiger partial charge on any atom is -0.339 e. The molecule has 0 radical (unpaired) electrons. The van der Waals surface area contributed by atoms with Crippen LogP contribution in [-0.4, -0.2) is 39.6 Å². The van der Waals surface area contributed by atoms with Gasteiger partial charge in [-0.25, -0.2) is 23.6 Å². The van der Waals surface area contributed by atoms with Crippen LogP contribution in [0.25, 0.3) is 0 Å². The summed E-state index contributed by atoms with van der Waals surface area (Å²) in [5.41, 5.74) is 1.64. The highest BCUT2D eigenvalue weighted by molar-refractivity contribution is 7.89. The number of nitrogens with zero attached hydrogens (tertiary/aromatic N) is 3. The fourth-order valence-electron chi connectivity index (χ4n) is 3.84. The number of hydrogen-bond donors (Lipinski definition) is 4. The number of hydroxylamine groups is 1. The van der Waals surface area contributed by atoms with E-state index < -0.39 is 15.9 Å². The van der Waals surface area contributed by atoms with Gasteiger partial charge in [-0.2, -0.15) is 4.98 Å². The topological polar surface area (TPSA) is 163 Å². The van der Waals surface area contributed by atoms with Crippen molar-refractivity contribution in [1.82, 2.24) is 30.3 Å². The first-order valence-corrected chi connectivity index (χ1v) is 11.7. The van der Waals surface area contributed by atoms with Crippen molar-refractivity contribution in [2.24, 2.45) is 5.92 Å². The Labute approximate surface area is 175 Å². The summed E-state index contributed by atoms with van der Waals surface area (Å²) in [7, 11) is -3.76. The second-order valence-corrected chi connectivity index (χ2v) is 9.40. The first-order chi connectivity index (χ1) is 14.5. The molecule has 11 nitrogen and oxygen atoms in total. The summed E-state index contributed by atoms with van der Waals surface area (Å²) in [5.74, 6) is 0.275. The summed E-state index contributed by atoms with van der Waals surface area (Å²) in [6.07, 6.45) is 11.5. The summed E-state index contributed by atoms with van der Waals surface area (Å²) in [4.78, 5) is 22.2. The van der Waals surface area contributed by atoms with Crippen molar-refractivity contribution in [2.45, 2.75) is 75.3 Å². The Kier molecular flexibility index (Phi) is 7.94. The van der Waals surface area contributed by atoms with Gasteiger partial charge in [0, 0.05) is 12.3 Å². The molecule has 1 saturated carbocycles. The van der Waals surface area contributed by atoms with Crippen LogP contribution in [0.1, 0.15) is 75.4 Å². The zero-order chi connectivity index (χ0) is 21.4. The molecule has 0 saturated heterocycles. The number of aromatic nitrogens is 4. The molecule has 2 aromatic heterocycles. The molecule has 0 unspecified atom stereocenters. The lowest BCUT2D eigenvalue weighted by Crippen LogP contribution is -2.24. The molecule has 4 N–H and O–H groups in total. The van der Waals surface area contributed by atoms with E-state index in [0.717, 1.165) is 18.8 Å². The standard InChI is InChI=1S/C18H28N6O5S/c25-16(23-26)9-14(8-4-7-13-5-2-1-3-6-13)18-22-15(24-29-18)10-21-30(27,28)17-11-19-12-20-17/h11-14,21,26H,1-10H2,(H,19,20)(H,23,25)/t14-/m1/s1. The molecule has 1 aliphatic rings. The summed E-state index contributed by atoms with van der Waals surface area (Å²) in [5, 5.41) is 12.6. The number of carbonyl (C=O) groups is 1. The zero-order valence-electron chi connectivity index (χ0n) is 16.7. The number of aromatic amines is 1. The molecule has 0 aliphatic heterocycles. The Morgan fingerprint density at radius 1 is 1.33 bits per heavy atom. The van der Waals surface area contributed by atoms with Gasteiger partial charge >= 0.3 is 0 Å². The third-order valence-electron chi connectivity index (χ3n) is 5.46. The molecule has 1 amide bonds. The van der Waals surface area contributed by atoms with Gasteiger partial charge in [0.25, 0.3) is 10.0 Å². The zero-order valence-corrected chi connectivity index (χ0v) is 17.5. The van der Waals surface area contributed by atoms with Gasteiger partial charge in [0.15, 0.2) is 10.9 Å². The fraction of sp³-hybridized carbons (Fsp3) is 0.667. The van der Waals surface area contributed by atoms with E-state index in [1.807, 2.05) is 0 Å². The van der Waals surface area contributed by atoms with E-state index in [2.05, 4.69) is 24.8 Å². The number of hydrogen-bond acceptors (Lipinski definition) is 8. The second kappa shape index (κ2) is 10.6. The van der Waals surface area contributed by atoms with Crippen LogP contribution in [0.4, 0.5) is 0 Å². The molecule has 2 aromatic rings. The van der Waals surface area contributed by atoms with Crippen LogP contribution >= 0.6 is 0 Å². The maximum absolute atomic E-state index is 12.1. The monoisotopic (exact) mass is 440 g/mol. The highest BCUT2D eigenvalue weighted by Crippen LogP contribution is 2.31. The Balaban J connectivity index is 1.57. The fourth-order valence-corrected chi connectivity index (χ4v) is 4.73. The van der Waals surface area contributed by atoms with Gasteiger partial charge in [0.2, 0.25) is 11.8 Å². The maximum atomic E-state index is 12.1. The Morgan fingerprint density at radius 2 is 2.13 bits per heavy atom. The number of sulfonamides is 1. The quantitative estimate of drug-likeness (QED) is 0.304. The highest BCUT2D eigenvalue weighted by atomic mass is 32.2. The molecule has 166 valence electrons. The van der Waals surface area contributed by atoms with Crippen LogP contribution in [-0.2, 0) is 21.4 Å². The summed E-state index contributed by atoms with van der Waals surface area (Å²) in [6.45, 7) is -0.161. The lowest BCUT2D eigenvalue weighted by atomic mass is 9.84. The molecule has 12 heteroatoms. The van der Waals surface area contributed by atoms with Gasteiger partial charge in [-0.1, -0.05) is 50.1 Å². The number of amides is 1. The molecule has 0 bridgehead atoms. The Hall–Kier alpha value is -2.31. The second-order valence-electron chi connectivity index (χ2n) is 7.66. The molecule has 1 aliphatic carbocycles. The van der Waals surface area contributed by atoms with Crippen LogP contribution in [0.2, 0.25) is 0 Å². The molecule has 2 heterocycles. The molecule has 0 aromatic carbocycles. The number of imidazole rings is 1. The molecule has 3 rings (SSSR count). The molecule has 0 spiro atoms. The number of H-pyrrole nitrogens is 1. The average Bonchev–Trinajstić information content (AvgIpc) is 3.45. The van der Waals surface area contributed by atoms with Crippen molar-refractivity contribution in [3.05, 3.63) is 24.2 Å². The molecule has 1 fully saturated rings. The number of carbonyl (C=O) groups excluding carboxylic acids is 1. The van der Waals surface area contributed by atoms with Crippen molar-refractivity contribution in [3.8, 4) is 0 Å². The van der Waals surface area contributed by atoms with E-state index in [-0.39, 0.29) is 35.6 Å². The van der Waals surface area contributed by atoms with Crippen LogP contribution in [0, 0.1) is 5.92 Å². The first kappa shape index (κ1) is 22.4. The van der Waals surface area contributed by atoms with E-state index in [1.54, 1.807) is 5.48 Å². The summed E-state index contributed by atoms with van der Waals surface area (Å²) < 4.78 is 31.9. The number of nitrogens with one attached hydrogen (secondary N) is 3. The van der Waals surface area contributed by atoms with Gasteiger partial charge < -0.3 is 9.51 Å². The summed E-state index contributed by atoms with van der Waals surface area (Å²) >= 11 is 0. The van der Waals surface area contributed by atoms with E-state index in [0.29, 0.717) is 6.42 Å². The van der Waals surface area contributed by atoms with Crippen LogP contribution in [0.5, 0.6) is 0 Å². The van der Waals surface area contributed by atoms with E-state index in [4.69, 9.17) is 9.73 Å². The predicted octanol–water partition coefficient (Wildman–Crippen LogP) is 2.00. The first-order valence-electron chi connectivity index (χ1n) is 10.2. The smallest absolute Gasteiger partial charge is 0.258 e. The molecule has 1 atom stereocenters. The SMILES string of the molecule is O=C(C[C@@H](CCCC1CCCCC1)c1nc(CNS(=O)(=O)c2cnc[nH]2)no1)NO. The van der Waals surface area contributed by atoms with Gasteiger partial charge in [0.05, 0.1) is 19.1 Å². The Morgan fingerprint density at radius 3 is 2.83 bits per heavy atom. The van der Waals surface area contributed by atoms with E-state index in [9.17, 15) is 13.2 Å². The summed E-state index contributed by atoms with van der Waals surface area (Å²) in [6, 6.07) is 0. The molecular formula is C18H28N6O5S. The van der Waals surface area contributed by atoms with Gasteiger partial charge in [0.1, 0.15) is 0 Å². The minimum atomic E-state index is -3.76. The molecule has 30 heavy (non-hydrogen) atoms. The largest absolute Gasteiger partial charge is 0.339 e. The van der Waals surface area contributed by atoms with Crippen molar-refractivity contribution in [2.75, 3.05) is 0 Å². The van der Waals surface area contributed by atoms with Gasteiger partial charge in [-0.3, -0.25) is 10.0 Å². The normalized spacial score (nSPS) is 16.4. The van der Waals surface area contributed by atoms with Crippen molar-refractivity contribution in [1.29, 1.82) is 0 Å². The van der Waals surface area contributed by atoms with Crippen LogP contribution < -0.4 is 10.2 Å². The third-order valence-corrected chi connectivity index (χ3v) is 6.79. The lowest BCUT2D eigenvalue weighted by Gasteiger charge is -2.22. The van der Waals surface area contributed by atoms with Crippen molar-refractivity contribution < 1.29 is 22.9 Å². The predicted molar refractivity (Wildman–Crippen MR) is 105 cm³/mol. The lowest BCUT2D eigenvalue weighted by molar-refractivity contribution is -0.129. The Bertz CT molecular complexity index is 892. The number of rotatable bonds is 11. The van der Waals surface area contributed by atoms with Crippen LogP contribution in [0.15, 0.2) is 22.1 Å². The highest BCUT2D eigenvalue weighted by Gasteiger charge is 2.24. The third kappa shape index (κ3) is 6.34. The van der Waals surface area contributed by atoms with Gasteiger partial charge in [-0.15, -0.1) is 0 Å². The van der Waals surface area contributed by atoms with Crippen molar-refractivity contribution in [3.63, 3.8) is 0 Å².